The van der Waals surface area contributed by atoms with Crippen LogP contribution < -0.4 is 5.32 Å². The van der Waals surface area contributed by atoms with E-state index in [1.807, 2.05) is 11.3 Å². The Kier molecular flexibility index (Phi) is 2.65. The summed E-state index contributed by atoms with van der Waals surface area (Å²) in [6.07, 6.45) is 2.84. The van der Waals surface area contributed by atoms with Crippen LogP contribution in [0.4, 0.5) is 0 Å². The summed E-state index contributed by atoms with van der Waals surface area (Å²) in [4.78, 5) is 5.83. The van der Waals surface area contributed by atoms with Crippen molar-refractivity contribution in [3.05, 3.63) is 15.6 Å². The van der Waals surface area contributed by atoms with Crippen LogP contribution in [0.15, 0.2) is 0 Å². The number of thiazole rings is 1. The number of aromatic nitrogens is 1. The van der Waals surface area contributed by atoms with E-state index in [0.717, 1.165) is 12.5 Å². The zero-order valence-electron chi connectivity index (χ0n) is 8.26. The predicted molar refractivity (Wildman–Crippen MR) is 56.0 cm³/mol. The highest BCUT2D eigenvalue weighted by Crippen LogP contribution is 2.27. The fourth-order valence-corrected chi connectivity index (χ4v) is 2.22. The van der Waals surface area contributed by atoms with Crippen molar-refractivity contribution in [3.8, 4) is 0 Å². The standard InChI is InChI=1S/C10H16N2S/c1-7-8(2)13-10(12-7)6-11-5-9-3-4-9/h9,11H,3-6H2,1-2H3. The van der Waals surface area contributed by atoms with Gasteiger partial charge >= 0.3 is 0 Å². The highest BCUT2D eigenvalue weighted by atomic mass is 32.1. The Morgan fingerprint density at radius 3 is 2.77 bits per heavy atom. The molecule has 1 aliphatic carbocycles. The van der Waals surface area contributed by atoms with Gasteiger partial charge in [0.15, 0.2) is 0 Å². The van der Waals surface area contributed by atoms with Crippen molar-refractivity contribution in [1.82, 2.24) is 10.3 Å². The highest BCUT2D eigenvalue weighted by molar-refractivity contribution is 7.11. The maximum atomic E-state index is 4.48. The lowest BCUT2D eigenvalue weighted by molar-refractivity contribution is 0.636. The first-order valence-electron chi connectivity index (χ1n) is 4.89. The first kappa shape index (κ1) is 9.16. The summed E-state index contributed by atoms with van der Waals surface area (Å²) in [5.41, 5.74) is 1.19. The van der Waals surface area contributed by atoms with E-state index in [1.54, 1.807) is 0 Å². The van der Waals surface area contributed by atoms with Gasteiger partial charge in [0.05, 0.1) is 5.69 Å². The molecule has 1 aliphatic rings. The molecule has 1 aromatic heterocycles. The molecule has 1 N–H and O–H groups in total. The lowest BCUT2D eigenvalue weighted by atomic mass is 10.4. The Morgan fingerprint density at radius 2 is 2.23 bits per heavy atom. The van der Waals surface area contributed by atoms with Gasteiger partial charge in [-0.2, -0.15) is 0 Å². The van der Waals surface area contributed by atoms with Crippen molar-refractivity contribution in [1.29, 1.82) is 0 Å². The monoisotopic (exact) mass is 196 g/mol. The summed E-state index contributed by atoms with van der Waals surface area (Å²) in [6.45, 7) is 6.35. The smallest absolute Gasteiger partial charge is 0.107 e. The third-order valence-corrected chi connectivity index (χ3v) is 3.55. The molecule has 0 aromatic carbocycles. The summed E-state index contributed by atoms with van der Waals surface area (Å²) in [6, 6.07) is 0. The number of hydrogen-bond acceptors (Lipinski definition) is 3. The Morgan fingerprint density at radius 1 is 1.46 bits per heavy atom. The van der Waals surface area contributed by atoms with Gasteiger partial charge in [-0.05, 0) is 39.2 Å². The number of aryl methyl sites for hydroxylation is 2. The Labute approximate surface area is 83.4 Å². The van der Waals surface area contributed by atoms with Crippen LogP contribution in [0.3, 0.4) is 0 Å². The Balaban J connectivity index is 1.79. The lowest BCUT2D eigenvalue weighted by Gasteiger charge is -1.98. The summed E-state index contributed by atoms with van der Waals surface area (Å²) in [5.74, 6) is 0.960. The van der Waals surface area contributed by atoms with Crippen molar-refractivity contribution < 1.29 is 0 Å². The number of hydrogen-bond donors (Lipinski definition) is 1. The van der Waals surface area contributed by atoms with Crippen molar-refractivity contribution in [2.24, 2.45) is 5.92 Å². The first-order valence-corrected chi connectivity index (χ1v) is 5.71. The van der Waals surface area contributed by atoms with Crippen LogP contribution in [0.2, 0.25) is 0 Å². The summed E-state index contributed by atoms with van der Waals surface area (Å²) < 4.78 is 0. The molecular formula is C10H16N2S. The zero-order valence-corrected chi connectivity index (χ0v) is 9.08. The molecule has 0 bridgehead atoms. The van der Waals surface area contributed by atoms with Gasteiger partial charge in [-0.15, -0.1) is 11.3 Å². The van der Waals surface area contributed by atoms with Crippen LogP contribution in [0.25, 0.3) is 0 Å². The van der Waals surface area contributed by atoms with E-state index in [1.165, 1.54) is 35.0 Å². The molecule has 0 aliphatic heterocycles. The second kappa shape index (κ2) is 3.76. The SMILES string of the molecule is Cc1nc(CNCC2CC2)sc1C. The number of rotatable bonds is 4. The molecule has 1 aromatic rings. The van der Waals surface area contributed by atoms with Crippen LogP contribution in [0.1, 0.15) is 28.4 Å². The summed E-state index contributed by atoms with van der Waals surface area (Å²) in [5, 5.41) is 4.68. The second-order valence-corrected chi connectivity index (χ2v) is 5.11. The Hall–Kier alpha value is -0.410. The largest absolute Gasteiger partial charge is 0.310 e. The average Bonchev–Trinajstić information content (AvgIpc) is 2.82. The molecule has 1 heterocycles. The van der Waals surface area contributed by atoms with E-state index >= 15 is 0 Å². The molecule has 1 fully saturated rings. The van der Waals surface area contributed by atoms with E-state index in [4.69, 9.17) is 0 Å². The minimum absolute atomic E-state index is 0.954. The van der Waals surface area contributed by atoms with Gasteiger partial charge in [0.1, 0.15) is 5.01 Å². The van der Waals surface area contributed by atoms with E-state index in [0.29, 0.717) is 0 Å². The molecule has 72 valence electrons. The Bertz CT molecular complexity index is 270. The van der Waals surface area contributed by atoms with Gasteiger partial charge in [0.25, 0.3) is 0 Å². The van der Waals surface area contributed by atoms with Crippen molar-refractivity contribution in [2.75, 3.05) is 6.54 Å². The predicted octanol–water partition coefficient (Wildman–Crippen LogP) is 2.26. The number of nitrogens with zero attached hydrogens (tertiary/aromatic N) is 1. The molecule has 0 atom stereocenters. The van der Waals surface area contributed by atoms with Crippen LogP contribution in [0.5, 0.6) is 0 Å². The molecule has 2 rings (SSSR count). The fraction of sp³-hybridized carbons (Fsp3) is 0.700. The fourth-order valence-electron chi connectivity index (χ4n) is 1.32. The van der Waals surface area contributed by atoms with Crippen LogP contribution >= 0.6 is 11.3 Å². The summed E-state index contributed by atoms with van der Waals surface area (Å²) >= 11 is 1.81. The van der Waals surface area contributed by atoms with Gasteiger partial charge in [0, 0.05) is 11.4 Å². The molecule has 3 heteroatoms. The van der Waals surface area contributed by atoms with E-state index in [9.17, 15) is 0 Å². The van der Waals surface area contributed by atoms with E-state index in [2.05, 4.69) is 24.1 Å². The normalized spacial score (nSPS) is 16.5. The van der Waals surface area contributed by atoms with Crippen LogP contribution in [-0.4, -0.2) is 11.5 Å². The molecule has 0 saturated heterocycles. The van der Waals surface area contributed by atoms with Crippen molar-refractivity contribution >= 4 is 11.3 Å². The maximum absolute atomic E-state index is 4.48. The third-order valence-electron chi connectivity index (χ3n) is 2.48. The van der Waals surface area contributed by atoms with E-state index in [-0.39, 0.29) is 0 Å². The van der Waals surface area contributed by atoms with Gasteiger partial charge in [-0.25, -0.2) is 4.98 Å². The third kappa shape index (κ3) is 2.51. The molecule has 13 heavy (non-hydrogen) atoms. The molecule has 0 amide bonds. The average molecular weight is 196 g/mol. The second-order valence-electron chi connectivity index (χ2n) is 3.82. The molecular weight excluding hydrogens is 180 g/mol. The van der Waals surface area contributed by atoms with Gasteiger partial charge in [-0.3, -0.25) is 0 Å². The zero-order chi connectivity index (χ0) is 9.26. The quantitative estimate of drug-likeness (QED) is 0.799. The minimum Gasteiger partial charge on any atom is -0.310 e. The lowest BCUT2D eigenvalue weighted by Crippen LogP contribution is -2.15. The molecule has 0 radical (unpaired) electrons. The van der Waals surface area contributed by atoms with Gasteiger partial charge < -0.3 is 5.32 Å². The molecule has 1 saturated carbocycles. The maximum Gasteiger partial charge on any atom is 0.107 e. The van der Waals surface area contributed by atoms with Crippen LogP contribution in [-0.2, 0) is 6.54 Å². The van der Waals surface area contributed by atoms with Gasteiger partial charge in [-0.1, -0.05) is 0 Å². The first-order chi connectivity index (χ1) is 6.25. The van der Waals surface area contributed by atoms with Crippen LogP contribution in [0, 0.1) is 19.8 Å². The van der Waals surface area contributed by atoms with Gasteiger partial charge in [0.2, 0.25) is 0 Å². The highest BCUT2D eigenvalue weighted by Gasteiger charge is 2.20. The van der Waals surface area contributed by atoms with Crippen molar-refractivity contribution in [3.63, 3.8) is 0 Å². The van der Waals surface area contributed by atoms with Crippen molar-refractivity contribution in [2.45, 2.75) is 33.2 Å². The number of nitrogens with one attached hydrogen (secondary N) is 1. The molecule has 0 unspecified atom stereocenters. The van der Waals surface area contributed by atoms with E-state index < -0.39 is 0 Å². The topological polar surface area (TPSA) is 24.9 Å². The summed E-state index contributed by atoms with van der Waals surface area (Å²) in [7, 11) is 0. The minimum atomic E-state index is 0.954. The molecule has 2 nitrogen and oxygen atoms in total. The molecule has 0 spiro atoms.